The Morgan fingerprint density at radius 1 is 1.07 bits per heavy atom. The van der Waals surface area contributed by atoms with E-state index in [0.717, 1.165) is 5.69 Å². The quantitative estimate of drug-likeness (QED) is 0.857. The van der Waals surface area contributed by atoms with Gasteiger partial charge in [0.25, 0.3) is 0 Å². The molecule has 1 fully saturated rings. The second kappa shape index (κ2) is 8.35. The molecule has 0 atom stereocenters. The average Bonchev–Trinajstić information content (AvgIpc) is 2.68. The van der Waals surface area contributed by atoms with E-state index in [-0.39, 0.29) is 11.8 Å². The van der Waals surface area contributed by atoms with Crippen LogP contribution in [0.4, 0.5) is 20.6 Å². The van der Waals surface area contributed by atoms with Gasteiger partial charge in [-0.1, -0.05) is 17.7 Å². The third-order valence-corrected chi connectivity index (χ3v) is 4.73. The first kappa shape index (κ1) is 19.1. The van der Waals surface area contributed by atoms with Gasteiger partial charge in [0, 0.05) is 44.0 Å². The fourth-order valence-corrected chi connectivity index (χ4v) is 3.24. The molecule has 0 spiro atoms. The van der Waals surface area contributed by atoms with Gasteiger partial charge in [-0.25, -0.2) is 9.18 Å². The van der Waals surface area contributed by atoms with Gasteiger partial charge < -0.3 is 24.6 Å². The molecule has 0 radical (unpaired) electrons. The fourth-order valence-electron chi connectivity index (χ4n) is 3.01. The molecule has 2 aromatic carbocycles. The Labute approximate surface area is 162 Å². The molecule has 3 rings (SSSR count). The van der Waals surface area contributed by atoms with E-state index in [2.05, 4.69) is 10.2 Å². The van der Waals surface area contributed by atoms with Crippen molar-refractivity contribution in [3.8, 4) is 11.5 Å². The molecule has 0 saturated carbocycles. The standard InChI is InChI=1S/C19H21ClFN3O3/c1-26-17-12-16(18(27-2)11-15(17)20)23-6-8-24(9-7-23)19(25)22-14-5-3-4-13(21)10-14/h3-5,10-12H,6-9H2,1-2H3,(H,22,25). The highest BCUT2D eigenvalue weighted by Crippen LogP contribution is 2.38. The lowest BCUT2D eigenvalue weighted by molar-refractivity contribution is 0.208. The minimum atomic E-state index is -0.388. The van der Waals surface area contributed by atoms with E-state index in [0.29, 0.717) is 48.4 Å². The summed E-state index contributed by atoms with van der Waals surface area (Å²) in [4.78, 5) is 16.2. The van der Waals surface area contributed by atoms with Gasteiger partial charge in [-0.2, -0.15) is 0 Å². The molecular formula is C19H21ClFN3O3. The Morgan fingerprint density at radius 2 is 1.78 bits per heavy atom. The number of carbonyl (C=O) groups excluding carboxylic acids is 1. The van der Waals surface area contributed by atoms with Crippen LogP contribution in [0.2, 0.25) is 5.02 Å². The number of hydrogen-bond donors (Lipinski definition) is 1. The number of halogens is 2. The third kappa shape index (κ3) is 4.36. The van der Waals surface area contributed by atoms with Crippen LogP contribution in [0.3, 0.4) is 0 Å². The molecule has 144 valence electrons. The second-order valence-corrected chi connectivity index (χ2v) is 6.48. The fraction of sp³-hybridized carbons (Fsp3) is 0.316. The minimum absolute atomic E-state index is 0.249. The number of benzene rings is 2. The molecule has 0 aromatic heterocycles. The molecular weight excluding hydrogens is 373 g/mol. The molecule has 0 bridgehead atoms. The topological polar surface area (TPSA) is 54.0 Å². The SMILES string of the molecule is COc1cc(N2CCN(C(=O)Nc3cccc(F)c3)CC2)c(OC)cc1Cl. The first-order valence-corrected chi connectivity index (χ1v) is 8.87. The van der Waals surface area contributed by atoms with E-state index in [1.807, 2.05) is 6.07 Å². The van der Waals surface area contributed by atoms with E-state index in [1.54, 1.807) is 37.3 Å². The highest BCUT2D eigenvalue weighted by molar-refractivity contribution is 6.32. The molecule has 2 aromatic rings. The number of anilines is 2. The molecule has 1 N–H and O–H groups in total. The Kier molecular flexibility index (Phi) is 5.91. The van der Waals surface area contributed by atoms with Crippen molar-refractivity contribution in [2.45, 2.75) is 0 Å². The average molecular weight is 394 g/mol. The van der Waals surface area contributed by atoms with Crippen LogP contribution in [0.25, 0.3) is 0 Å². The maximum atomic E-state index is 13.3. The molecule has 27 heavy (non-hydrogen) atoms. The predicted octanol–water partition coefficient (Wildman–Crippen LogP) is 3.85. The number of nitrogens with one attached hydrogen (secondary N) is 1. The zero-order valence-corrected chi connectivity index (χ0v) is 15.9. The van der Waals surface area contributed by atoms with Gasteiger partial charge in [0.2, 0.25) is 0 Å². The van der Waals surface area contributed by atoms with Crippen LogP contribution in [-0.4, -0.2) is 51.3 Å². The van der Waals surface area contributed by atoms with Gasteiger partial charge in [0.05, 0.1) is 24.9 Å². The number of nitrogens with zero attached hydrogens (tertiary/aromatic N) is 2. The third-order valence-electron chi connectivity index (χ3n) is 4.44. The lowest BCUT2D eigenvalue weighted by Crippen LogP contribution is -2.50. The van der Waals surface area contributed by atoms with Crippen LogP contribution >= 0.6 is 11.6 Å². The summed E-state index contributed by atoms with van der Waals surface area (Å²) in [6.45, 7) is 2.29. The highest BCUT2D eigenvalue weighted by atomic mass is 35.5. The number of rotatable bonds is 4. The number of carbonyl (C=O) groups is 1. The molecule has 6 nitrogen and oxygen atoms in total. The summed E-state index contributed by atoms with van der Waals surface area (Å²) in [5.74, 6) is 0.832. The second-order valence-electron chi connectivity index (χ2n) is 6.07. The first-order chi connectivity index (χ1) is 13.0. The Morgan fingerprint density at radius 3 is 2.41 bits per heavy atom. The number of amides is 2. The van der Waals surface area contributed by atoms with Gasteiger partial charge in [-0.05, 0) is 18.2 Å². The van der Waals surface area contributed by atoms with Crippen molar-refractivity contribution in [2.75, 3.05) is 50.6 Å². The van der Waals surface area contributed by atoms with Crippen LogP contribution in [0.15, 0.2) is 36.4 Å². The summed E-state index contributed by atoms with van der Waals surface area (Å²) >= 11 is 6.16. The minimum Gasteiger partial charge on any atom is -0.495 e. The van der Waals surface area contributed by atoms with Crippen molar-refractivity contribution in [3.05, 3.63) is 47.2 Å². The van der Waals surface area contributed by atoms with Crippen molar-refractivity contribution in [3.63, 3.8) is 0 Å². The normalized spacial score (nSPS) is 14.1. The summed E-state index contributed by atoms with van der Waals surface area (Å²) in [5, 5.41) is 3.20. The highest BCUT2D eigenvalue weighted by Gasteiger charge is 2.24. The lowest BCUT2D eigenvalue weighted by Gasteiger charge is -2.36. The summed E-state index contributed by atoms with van der Waals surface area (Å²) < 4.78 is 24.0. The van der Waals surface area contributed by atoms with E-state index in [1.165, 1.54) is 12.1 Å². The predicted molar refractivity (Wildman–Crippen MR) is 104 cm³/mol. The zero-order valence-electron chi connectivity index (χ0n) is 15.2. The summed E-state index contributed by atoms with van der Waals surface area (Å²) in [5.41, 5.74) is 1.30. The molecule has 0 unspecified atom stereocenters. The van der Waals surface area contributed by atoms with Crippen molar-refractivity contribution in [1.82, 2.24) is 4.90 Å². The number of methoxy groups -OCH3 is 2. The van der Waals surface area contributed by atoms with E-state index < -0.39 is 0 Å². The maximum absolute atomic E-state index is 13.3. The largest absolute Gasteiger partial charge is 0.495 e. The summed E-state index contributed by atoms with van der Waals surface area (Å²) in [6, 6.07) is 9.15. The van der Waals surface area contributed by atoms with E-state index in [9.17, 15) is 9.18 Å². The van der Waals surface area contributed by atoms with Gasteiger partial charge in [-0.3, -0.25) is 0 Å². The maximum Gasteiger partial charge on any atom is 0.321 e. The molecule has 0 aliphatic carbocycles. The van der Waals surface area contributed by atoms with Gasteiger partial charge in [-0.15, -0.1) is 0 Å². The lowest BCUT2D eigenvalue weighted by atomic mass is 10.2. The molecule has 1 heterocycles. The van der Waals surface area contributed by atoms with Gasteiger partial charge in [0.1, 0.15) is 17.3 Å². The zero-order chi connectivity index (χ0) is 19.4. The van der Waals surface area contributed by atoms with Crippen LogP contribution in [0.1, 0.15) is 0 Å². The Bertz CT molecular complexity index is 826. The van der Waals surface area contributed by atoms with Crippen LogP contribution in [0, 0.1) is 5.82 Å². The summed E-state index contributed by atoms with van der Waals surface area (Å²) in [6.07, 6.45) is 0. The van der Waals surface area contributed by atoms with Crippen molar-refractivity contribution in [2.24, 2.45) is 0 Å². The smallest absolute Gasteiger partial charge is 0.321 e. The van der Waals surface area contributed by atoms with Gasteiger partial charge >= 0.3 is 6.03 Å². The molecule has 1 aliphatic heterocycles. The first-order valence-electron chi connectivity index (χ1n) is 8.50. The van der Waals surface area contributed by atoms with E-state index >= 15 is 0 Å². The number of hydrogen-bond acceptors (Lipinski definition) is 4. The number of urea groups is 1. The number of piperazine rings is 1. The summed E-state index contributed by atoms with van der Waals surface area (Å²) in [7, 11) is 3.15. The van der Waals surface area contributed by atoms with Crippen molar-refractivity contribution in [1.29, 1.82) is 0 Å². The van der Waals surface area contributed by atoms with Crippen molar-refractivity contribution < 1.29 is 18.7 Å². The van der Waals surface area contributed by atoms with Crippen LogP contribution in [-0.2, 0) is 0 Å². The van der Waals surface area contributed by atoms with E-state index in [4.69, 9.17) is 21.1 Å². The number of ether oxygens (including phenoxy) is 2. The van der Waals surface area contributed by atoms with Crippen LogP contribution in [0.5, 0.6) is 11.5 Å². The van der Waals surface area contributed by atoms with Gasteiger partial charge in [0.15, 0.2) is 0 Å². The monoisotopic (exact) mass is 393 g/mol. The Hall–Kier alpha value is -2.67. The molecule has 1 aliphatic rings. The molecule has 8 heteroatoms. The van der Waals surface area contributed by atoms with Crippen molar-refractivity contribution >= 4 is 29.0 Å². The molecule has 1 saturated heterocycles. The van der Waals surface area contributed by atoms with Crippen LogP contribution < -0.4 is 19.7 Å². The molecule has 2 amide bonds. The Balaban J connectivity index is 1.66.